The standard InChI is InChI=1S/C13H16N2O/c1-16-12-4-2-3-9-10-7-8(14)5-6-11(10)15-13(9)12/h2-4,8,15H,5-7,14H2,1H3. The molecular formula is C13H16N2O. The average Bonchev–Trinajstić information content (AvgIpc) is 2.67. The van der Waals surface area contributed by atoms with Crippen molar-refractivity contribution in [2.24, 2.45) is 5.73 Å². The Balaban J connectivity index is 2.25. The first-order chi connectivity index (χ1) is 7.79. The van der Waals surface area contributed by atoms with Crippen molar-refractivity contribution in [3.05, 3.63) is 29.5 Å². The topological polar surface area (TPSA) is 51.0 Å². The molecular weight excluding hydrogens is 200 g/mol. The van der Waals surface area contributed by atoms with Crippen LogP contribution in [0.25, 0.3) is 10.9 Å². The van der Waals surface area contributed by atoms with Gasteiger partial charge in [0.1, 0.15) is 5.75 Å². The van der Waals surface area contributed by atoms with Crippen molar-refractivity contribution in [2.45, 2.75) is 25.3 Å². The van der Waals surface area contributed by atoms with Gasteiger partial charge in [-0.05, 0) is 30.9 Å². The van der Waals surface area contributed by atoms with Crippen LogP contribution in [-0.4, -0.2) is 18.1 Å². The van der Waals surface area contributed by atoms with Crippen LogP contribution in [0, 0.1) is 0 Å². The minimum Gasteiger partial charge on any atom is -0.495 e. The van der Waals surface area contributed by atoms with Gasteiger partial charge in [0.15, 0.2) is 0 Å². The molecule has 3 N–H and O–H groups in total. The first kappa shape index (κ1) is 9.73. The lowest BCUT2D eigenvalue weighted by Crippen LogP contribution is -2.27. The van der Waals surface area contributed by atoms with Crippen LogP contribution in [0.5, 0.6) is 5.75 Å². The average molecular weight is 216 g/mol. The van der Waals surface area contributed by atoms with Crippen LogP contribution in [-0.2, 0) is 12.8 Å². The Morgan fingerprint density at radius 3 is 3.12 bits per heavy atom. The third-order valence-electron chi connectivity index (χ3n) is 3.44. The molecule has 0 radical (unpaired) electrons. The number of nitrogens with two attached hydrogens (primary N) is 1. The van der Waals surface area contributed by atoms with E-state index in [-0.39, 0.29) is 0 Å². The van der Waals surface area contributed by atoms with Gasteiger partial charge in [-0.3, -0.25) is 0 Å². The van der Waals surface area contributed by atoms with Gasteiger partial charge >= 0.3 is 0 Å². The summed E-state index contributed by atoms with van der Waals surface area (Å²) in [6.45, 7) is 0. The quantitative estimate of drug-likeness (QED) is 0.766. The van der Waals surface area contributed by atoms with Gasteiger partial charge in [0.25, 0.3) is 0 Å². The number of para-hydroxylation sites is 1. The summed E-state index contributed by atoms with van der Waals surface area (Å²) in [5.74, 6) is 0.917. The number of ether oxygens (including phenoxy) is 1. The lowest BCUT2D eigenvalue weighted by atomic mass is 9.92. The number of hydrogen-bond acceptors (Lipinski definition) is 2. The van der Waals surface area contributed by atoms with Crippen LogP contribution in [0.2, 0.25) is 0 Å². The van der Waals surface area contributed by atoms with Crippen LogP contribution < -0.4 is 10.5 Å². The molecule has 0 fully saturated rings. The number of aromatic nitrogens is 1. The molecule has 1 heterocycles. The zero-order valence-corrected chi connectivity index (χ0v) is 9.42. The highest BCUT2D eigenvalue weighted by Gasteiger charge is 2.20. The molecule has 3 nitrogen and oxygen atoms in total. The highest BCUT2D eigenvalue weighted by atomic mass is 16.5. The van der Waals surface area contributed by atoms with Crippen molar-refractivity contribution in [1.29, 1.82) is 0 Å². The van der Waals surface area contributed by atoms with Crippen LogP contribution in [0.3, 0.4) is 0 Å². The number of hydrogen-bond donors (Lipinski definition) is 2. The van der Waals surface area contributed by atoms with Crippen LogP contribution >= 0.6 is 0 Å². The van der Waals surface area contributed by atoms with Gasteiger partial charge in [0.05, 0.1) is 12.6 Å². The first-order valence-electron chi connectivity index (χ1n) is 5.71. The van der Waals surface area contributed by atoms with Gasteiger partial charge in [-0.1, -0.05) is 12.1 Å². The summed E-state index contributed by atoms with van der Waals surface area (Å²) in [4.78, 5) is 3.48. The normalized spacial score (nSPS) is 19.8. The molecule has 16 heavy (non-hydrogen) atoms. The summed E-state index contributed by atoms with van der Waals surface area (Å²) < 4.78 is 5.37. The van der Waals surface area contributed by atoms with Gasteiger partial charge in [-0.2, -0.15) is 0 Å². The van der Waals surface area contributed by atoms with E-state index in [1.54, 1.807) is 7.11 Å². The Kier molecular flexibility index (Phi) is 2.14. The fraction of sp³-hybridized carbons (Fsp3) is 0.385. The van der Waals surface area contributed by atoms with Gasteiger partial charge in [0.2, 0.25) is 0 Å². The second-order valence-electron chi connectivity index (χ2n) is 4.47. The summed E-state index contributed by atoms with van der Waals surface area (Å²) in [5, 5.41) is 1.27. The molecule has 0 aliphatic heterocycles. The van der Waals surface area contributed by atoms with Crippen molar-refractivity contribution in [3.63, 3.8) is 0 Å². The summed E-state index contributed by atoms with van der Waals surface area (Å²) in [6.07, 6.45) is 3.10. The van der Waals surface area contributed by atoms with Crippen molar-refractivity contribution in [1.82, 2.24) is 4.98 Å². The molecule has 1 aromatic heterocycles. The summed E-state index contributed by atoms with van der Waals surface area (Å²) in [6, 6.07) is 6.47. The summed E-state index contributed by atoms with van der Waals surface area (Å²) >= 11 is 0. The van der Waals surface area contributed by atoms with E-state index in [0.29, 0.717) is 6.04 Å². The summed E-state index contributed by atoms with van der Waals surface area (Å²) in [7, 11) is 1.71. The number of aromatic amines is 1. The first-order valence-corrected chi connectivity index (χ1v) is 5.71. The Labute approximate surface area is 94.6 Å². The SMILES string of the molecule is COc1cccc2c3c([nH]c12)CCC(N)C3. The Bertz CT molecular complexity index is 530. The molecule has 1 aliphatic rings. The van der Waals surface area contributed by atoms with Crippen LogP contribution in [0.1, 0.15) is 17.7 Å². The third kappa shape index (κ3) is 1.32. The number of nitrogens with one attached hydrogen (secondary N) is 1. The largest absolute Gasteiger partial charge is 0.495 e. The van der Waals surface area contributed by atoms with Gasteiger partial charge < -0.3 is 15.5 Å². The zero-order valence-electron chi connectivity index (χ0n) is 9.42. The van der Waals surface area contributed by atoms with Gasteiger partial charge in [0, 0.05) is 17.1 Å². The van der Waals surface area contributed by atoms with Gasteiger partial charge in [-0.25, -0.2) is 0 Å². The molecule has 0 amide bonds. The number of benzene rings is 1. The second-order valence-corrected chi connectivity index (χ2v) is 4.47. The Morgan fingerprint density at radius 1 is 1.44 bits per heavy atom. The van der Waals surface area contributed by atoms with Crippen LogP contribution in [0.15, 0.2) is 18.2 Å². The zero-order chi connectivity index (χ0) is 11.1. The monoisotopic (exact) mass is 216 g/mol. The van der Waals surface area contributed by atoms with E-state index >= 15 is 0 Å². The van der Waals surface area contributed by atoms with E-state index in [1.165, 1.54) is 16.6 Å². The van der Waals surface area contributed by atoms with E-state index in [2.05, 4.69) is 11.1 Å². The number of rotatable bonds is 1. The number of fused-ring (bicyclic) bond motifs is 3. The molecule has 1 atom stereocenters. The smallest absolute Gasteiger partial charge is 0.142 e. The van der Waals surface area contributed by atoms with Crippen LogP contribution in [0.4, 0.5) is 0 Å². The molecule has 0 saturated heterocycles. The third-order valence-corrected chi connectivity index (χ3v) is 3.44. The van der Waals surface area contributed by atoms with Crippen molar-refractivity contribution in [3.8, 4) is 5.75 Å². The second kappa shape index (κ2) is 3.52. The number of aryl methyl sites for hydroxylation is 1. The number of methoxy groups -OCH3 is 1. The van der Waals surface area contributed by atoms with E-state index < -0.39 is 0 Å². The fourth-order valence-corrected chi connectivity index (χ4v) is 2.61. The predicted molar refractivity (Wildman–Crippen MR) is 64.9 cm³/mol. The highest BCUT2D eigenvalue weighted by molar-refractivity contribution is 5.89. The molecule has 0 spiro atoms. The minimum atomic E-state index is 0.303. The number of H-pyrrole nitrogens is 1. The maximum atomic E-state index is 6.03. The maximum Gasteiger partial charge on any atom is 0.142 e. The van der Waals surface area contributed by atoms with E-state index in [0.717, 1.165) is 30.5 Å². The fourth-order valence-electron chi connectivity index (χ4n) is 2.61. The molecule has 1 aromatic carbocycles. The Hall–Kier alpha value is -1.48. The Morgan fingerprint density at radius 2 is 2.31 bits per heavy atom. The molecule has 2 aromatic rings. The van der Waals surface area contributed by atoms with Crippen molar-refractivity contribution < 1.29 is 4.74 Å². The molecule has 84 valence electrons. The van der Waals surface area contributed by atoms with E-state index in [1.807, 2.05) is 12.1 Å². The summed E-state index contributed by atoms with van der Waals surface area (Å²) in [5.41, 5.74) is 9.86. The molecule has 0 saturated carbocycles. The minimum absolute atomic E-state index is 0.303. The highest BCUT2D eigenvalue weighted by Crippen LogP contribution is 2.33. The molecule has 1 unspecified atom stereocenters. The van der Waals surface area contributed by atoms with Crippen molar-refractivity contribution in [2.75, 3.05) is 7.11 Å². The molecule has 3 rings (SSSR count). The van der Waals surface area contributed by atoms with Crippen molar-refractivity contribution >= 4 is 10.9 Å². The lowest BCUT2D eigenvalue weighted by Gasteiger charge is -2.17. The maximum absolute atomic E-state index is 6.03. The molecule has 1 aliphatic carbocycles. The lowest BCUT2D eigenvalue weighted by molar-refractivity contribution is 0.419. The molecule has 3 heteroatoms. The van der Waals surface area contributed by atoms with E-state index in [9.17, 15) is 0 Å². The van der Waals surface area contributed by atoms with E-state index in [4.69, 9.17) is 10.5 Å². The molecule has 0 bridgehead atoms. The predicted octanol–water partition coefficient (Wildman–Crippen LogP) is 1.99. The van der Waals surface area contributed by atoms with Gasteiger partial charge in [-0.15, -0.1) is 0 Å².